The van der Waals surface area contributed by atoms with Gasteiger partial charge >= 0.3 is 12.0 Å². The summed E-state index contributed by atoms with van der Waals surface area (Å²) < 4.78 is 0. The van der Waals surface area contributed by atoms with E-state index in [2.05, 4.69) is 10.6 Å². The number of carboxylic acids is 1. The molecule has 3 atom stereocenters. The van der Waals surface area contributed by atoms with E-state index in [1.807, 2.05) is 20.8 Å². The SMILES string of the molecule is CC[C@H](C)[C@H](NC(=O)NC(C)C1CCC1)C(=O)O. The standard InChI is InChI=1S/C13H24N2O3/c1-4-8(2)11(12(16)17)15-13(18)14-9(3)10-6-5-7-10/h8-11H,4-7H2,1-3H3,(H,16,17)(H2,14,15,18)/t8-,9?,11-/m0/s1. The third-order valence-corrected chi connectivity index (χ3v) is 3.98. The summed E-state index contributed by atoms with van der Waals surface area (Å²) in [5.74, 6) is -0.509. The topological polar surface area (TPSA) is 78.4 Å². The molecule has 0 aromatic heterocycles. The number of carbonyl (C=O) groups excluding carboxylic acids is 1. The molecule has 0 saturated heterocycles. The fraction of sp³-hybridized carbons (Fsp3) is 0.846. The van der Waals surface area contributed by atoms with Crippen LogP contribution in [0.4, 0.5) is 4.79 Å². The molecule has 104 valence electrons. The predicted molar refractivity (Wildman–Crippen MR) is 69.3 cm³/mol. The molecule has 1 unspecified atom stereocenters. The second-order valence-corrected chi connectivity index (χ2v) is 5.30. The van der Waals surface area contributed by atoms with Gasteiger partial charge < -0.3 is 15.7 Å². The Kier molecular flexibility index (Phi) is 5.44. The van der Waals surface area contributed by atoms with E-state index >= 15 is 0 Å². The number of hydrogen-bond acceptors (Lipinski definition) is 2. The molecule has 1 rings (SSSR count). The van der Waals surface area contributed by atoms with Gasteiger partial charge in [0, 0.05) is 6.04 Å². The van der Waals surface area contributed by atoms with Gasteiger partial charge in [-0.25, -0.2) is 9.59 Å². The monoisotopic (exact) mass is 256 g/mol. The first-order valence-corrected chi connectivity index (χ1v) is 6.75. The van der Waals surface area contributed by atoms with Gasteiger partial charge in [0.2, 0.25) is 0 Å². The number of urea groups is 1. The van der Waals surface area contributed by atoms with Gasteiger partial charge in [0.25, 0.3) is 0 Å². The Morgan fingerprint density at radius 1 is 1.28 bits per heavy atom. The number of amides is 2. The normalized spacial score (nSPS) is 20.4. The van der Waals surface area contributed by atoms with Gasteiger partial charge in [0.05, 0.1) is 0 Å². The Labute approximate surface area is 108 Å². The number of hydrogen-bond donors (Lipinski definition) is 3. The van der Waals surface area contributed by atoms with Crippen molar-refractivity contribution in [2.75, 3.05) is 0 Å². The van der Waals surface area contributed by atoms with Crippen molar-refractivity contribution in [3.05, 3.63) is 0 Å². The first-order chi connectivity index (χ1) is 8.45. The van der Waals surface area contributed by atoms with Crippen LogP contribution in [0.1, 0.15) is 46.5 Å². The van der Waals surface area contributed by atoms with Crippen molar-refractivity contribution in [3.63, 3.8) is 0 Å². The first kappa shape index (κ1) is 14.8. The molecule has 18 heavy (non-hydrogen) atoms. The highest BCUT2D eigenvalue weighted by Gasteiger charge is 2.28. The molecule has 0 aromatic rings. The number of rotatable bonds is 6. The van der Waals surface area contributed by atoms with Crippen molar-refractivity contribution in [3.8, 4) is 0 Å². The van der Waals surface area contributed by atoms with Gasteiger partial charge in [-0.1, -0.05) is 26.7 Å². The van der Waals surface area contributed by atoms with Crippen molar-refractivity contribution in [2.24, 2.45) is 11.8 Å². The van der Waals surface area contributed by atoms with Crippen molar-refractivity contribution in [1.82, 2.24) is 10.6 Å². The lowest BCUT2D eigenvalue weighted by atomic mass is 9.80. The van der Waals surface area contributed by atoms with Gasteiger partial charge in [-0.05, 0) is 31.6 Å². The summed E-state index contributed by atoms with van der Waals surface area (Å²) in [6, 6.07) is -1.07. The van der Waals surface area contributed by atoms with Crippen LogP contribution >= 0.6 is 0 Å². The lowest BCUT2D eigenvalue weighted by Gasteiger charge is -2.32. The van der Waals surface area contributed by atoms with Crippen LogP contribution in [-0.4, -0.2) is 29.2 Å². The van der Waals surface area contributed by atoms with Gasteiger partial charge in [0.1, 0.15) is 6.04 Å². The van der Waals surface area contributed by atoms with Crippen molar-refractivity contribution in [2.45, 2.75) is 58.5 Å². The molecule has 2 amide bonds. The summed E-state index contributed by atoms with van der Waals surface area (Å²) in [7, 11) is 0. The Hall–Kier alpha value is -1.26. The zero-order valence-corrected chi connectivity index (χ0v) is 11.4. The zero-order chi connectivity index (χ0) is 13.7. The van der Waals surface area contributed by atoms with Crippen LogP contribution in [0.15, 0.2) is 0 Å². The van der Waals surface area contributed by atoms with E-state index in [1.165, 1.54) is 6.42 Å². The lowest BCUT2D eigenvalue weighted by Crippen LogP contribution is -2.52. The minimum absolute atomic E-state index is 0.0766. The molecule has 0 radical (unpaired) electrons. The highest BCUT2D eigenvalue weighted by Crippen LogP contribution is 2.29. The molecule has 3 N–H and O–H groups in total. The fourth-order valence-electron chi connectivity index (χ4n) is 2.13. The number of aliphatic carboxylic acids is 1. The molecule has 0 bridgehead atoms. The number of carbonyl (C=O) groups is 2. The molecule has 1 fully saturated rings. The predicted octanol–water partition coefficient (Wildman–Crippen LogP) is 1.97. The van der Waals surface area contributed by atoms with Gasteiger partial charge in [-0.15, -0.1) is 0 Å². The van der Waals surface area contributed by atoms with Crippen molar-refractivity contribution in [1.29, 1.82) is 0 Å². The second kappa shape index (κ2) is 6.61. The highest BCUT2D eigenvalue weighted by atomic mass is 16.4. The summed E-state index contributed by atoms with van der Waals surface area (Å²) in [4.78, 5) is 22.8. The average Bonchev–Trinajstić information content (AvgIpc) is 2.21. The Morgan fingerprint density at radius 2 is 1.89 bits per heavy atom. The maximum atomic E-state index is 11.7. The molecular formula is C13H24N2O3. The summed E-state index contributed by atoms with van der Waals surface area (Å²) in [5, 5.41) is 14.5. The minimum atomic E-state index is -0.976. The van der Waals surface area contributed by atoms with Gasteiger partial charge in [-0.2, -0.15) is 0 Å². The third kappa shape index (κ3) is 3.89. The van der Waals surface area contributed by atoms with Crippen LogP contribution in [0.2, 0.25) is 0 Å². The lowest BCUT2D eigenvalue weighted by molar-refractivity contribution is -0.140. The van der Waals surface area contributed by atoms with Crippen molar-refractivity contribution >= 4 is 12.0 Å². The molecule has 0 aromatic carbocycles. The first-order valence-electron chi connectivity index (χ1n) is 6.75. The molecule has 1 saturated carbocycles. The molecule has 0 heterocycles. The maximum absolute atomic E-state index is 11.7. The van der Waals surface area contributed by atoms with E-state index in [-0.39, 0.29) is 18.0 Å². The molecule has 5 nitrogen and oxygen atoms in total. The van der Waals surface area contributed by atoms with E-state index in [4.69, 9.17) is 5.11 Å². The Bertz CT molecular complexity index is 303. The quantitative estimate of drug-likeness (QED) is 0.680. The minimum Gasteiger partial charge on any atom is -0.480 e. The Morgan fingerprint density at radius 3 is 2.28 bits per heavy atom. The fourth-order valence-corrected chi connectivity index (χ4v) is 2.13. The van der Waals surface area contributed by atoms with Crippen molar-refractivity contribution < 1.29 is 14.7 Å². The maximum Gasteiger partial charge on any atom is 0.326 e. The van der Waals surface area contributed by atoms with E-state index in [9.17, 15) is 9.59 Å². The molecule has 0 spiro atoms. The van der Waals surface area contributed by atoms with Gasteiger partial charge in [-0.3, -0.25) is 0 Å². The Balaban J connectivity index is 2.42. The van der Waals surface area contributed by atoms with Crippen LogP contribution < -0.4 is 10.6 Å². The van der Waals surface area contributed by atoms with E-state index in [1.54, 1.807) is 0 Å². The number of nitrogens with one attached hydrogen (secondary N) is 2. The molecule has 1 aliphatic carbocycles. The highest BCUT2D eigenvalue weighted by molar-refractivity contribution is 5.82. The van der Waals surface area contributed by atoms with E-state index in [0.717, 1.165) is 19.3 Å². The van der Waals surface area contributed by atoms with Crippen LogP contribution in [0, 0.1) is 11.8 Å². The van der Waals surface area contributed by atoms with Crippen LogP contribution in [0.5, 0.6) is 0 Å². The summed E-state index contributed by atoms with van der Waals surface area (Å²) in [6.45, 7) is 5.72. The largest absolute Gasteiger partial charge is 0.480 e. The molecule has 5 heteroatoms. The average molecular weight is 256 g/mol. The number of carboxylic acid groups (broad SMARTS) is 1. The molecule has 0 aliphatic heterocycles. The van der Waals surface area contributed by atoms with Crippen LogP contribution in [-0.2, 0) is 4.79 Å². The summed E-state index contributed by atoms with van der Waals surface area (Å²) in [5.41, 5.74) is 0. The van der Waals surface area contributed by atoms with Crippen LogP contribution in [0.25, 0.3) is 0 Å². The molecule has 1 aliphatic rings. The zero-order valence-electron chi connectivity index (χ0n) is 11.4. The smallest absolute Gasteiger partial charge is 0.326 e. The summed E-state index contributed by atoms with van der Waals surface area (Å²) in [6.07, 6.45) is 4.24. The van der Waals surface area contributed by atoms with Crippen LogP contribution in [0.3, 0.4) is 0 Å². The van der Waals surface area contributed by atoms with Gasteiger partial charge in [0.15, 0.2) is 0 Å². The van der Waals surface area contributed by atoms with E-state index in [0.29, 0.717) is 5.92 Å². The van der Waals surface area contributed by atoms with E-state index < -0.39 is 12.0 Å². The second-order valence-electron chi connectivity index (χ2n) is 5.30. The molecular weight excluding hydrogens is 232 g/mol. The summed E-state index contributed by atoms with van der Waals surface area (Å²) >= 11 is 0. The third-order valence-electron chi connectivity index (χ3n) is 3.98.